The Morgan fingerprint density at radius 3 is 2.42 bits per heavy atom. The second kappa shape index (κ2) is 3.21. The van der Waals surface area contributed by atoms with Crippen LogP contribution in [0.2, 0.25) is 0 Å². The van der Waals surface area contributed by atoms with Crippen molar-refractivity contribution in [1.82, 2.24) is 0 Å². The van der Waals surface area contributed by atoms with Gasteiger partial charge in [-0.1, -0.05) is 26.2 Å². The van der Waals surface area contributed by atoms with Crippen LogP contribution in [-0.2, 0) is 0 Å². The van der Waals surface area contributed by atoms with Gasteiger partial charge in [0.15, 0.2) is 0 Å². The van der Waals surface area contributed by atoms with Gasteiger partial charge in [-0.25, -0.2) is 0 Å². The van der Waals surface area contributed by atoms with Crippen molar-refractivity contribution in [3.05, 3.63) is 0 Å². The molecule has 0 aromatic rings. The molecule has 2 aliphatic carbocycles. The van der Waals surface area contributed by atoms with Gasteiger partial charge in [0.05, 0.1) is 0 Å². The minimum atomic E-state index is 0.486. The normalized spacial score (nSPS) is 40.5. The summed E-state index contributed by atoms with van der Waals surface area (Å²) in [7, 11) is 0. The highest BCUT2D eigenvalue weighted by molar-refractivity contribution is 6.20. The monoisotopic (exact) mass is 186 g/mol. The van der Waals surface area contributed by atoms with Gasteiger partial charge in [0.25, 0.3) is 0 Å². The van der Waals surface area contributed by atoms with Crippen LogP contribution in [0.5, 0.6) is 0 Å². The molecular weight excluding hydrogens is 168 g/mol. The van der Waals surface area contributed by atoms with E-state index in [1.165, 1.54) is 44.9 Å². The molecule has 0 saturated heterocycles. The summed E-state index contributed by atoms with van der Waals surface area (Å²) in [6.45, 7) is 2.43. The van der Waals surface area contributed by atoms with E-state index < -0.39 is 0 Å². The van der Waals surface area contributed by atoms with Crippen LogP contribution in [0.25, 0.3) is 0 Å². The summed E-state index contributed by atoms with van der Waals surface area (Å²) in [6, 6.07) is 0. The smallest absolute Gasteiger partial charge is 0.0369 e. The Morgan fingerprint density at radius 2 is 1.75 bits per heavy atom. The van der Waals surface area contributed by atoms with Crippen LogP contribution in [0, 0.1) is 11.3 Å². The van der Waals surface area contributed by atoms with Crippen molar-refractivity contribution in [1.29, 1.82) is 0 Å². The minimum absolute atomic E-state index is 0.486. The molecule has 0 radical (unpaired) electrons. The molecule has 0 aromatic heterocycles. The molecule has 2 saturated carbocycles. The predicted octanol–water partition coefficient (Wildman–Crippen LogP) is 3.97. The zero-order valence-corrected chi connectivity index (χ0v) is 8.74. The molecule has 2 rings (SSSR count). The van der Waals surface area contributed by atoms with Crippen molar-refractivity contribution in [2.24, 2.45) is 11.3 Å². The van der Waals surface area contributed by atoms with Crippen molar-refractivity contribution in [3.8, 4) is 0 Å². The summed E-state index contributed by atoms with van der Waals surface area (Å²) >= 11 is 6.41. The van der Waals surface area contributed by atoms with E-state index in [2.05, 4.69) is 6.92 Å². The van der Waals surface area contributed by atoms with Crippen molar-refractivity contribution in [2.45, 2.75) is 57.2 Å². The molecule has 0 spiro atoms. The molecule has 1 unspecified atom stereocenters. The average Bonchev–Trinajstić information content (AvgIpc) is 2.77. The molecule has 0 heterocycles. The third kappa shape index (κ3) is 1.64. The van der Waals surface area contributed by atoms with Crippen molar-refractivity contribution < 1.29 is 0 Å². The molecule has 70 valence electrons. The Bertz CT molecular complexity index is 160. The van der Waals surface area contributed by atoms with Crippen LogP contribution in [-0.4, -0.2) is 5.38 Å². The largest absolute Gasteiger partial charge is 0.123 e. The molecule has 0 amide bonds. The molecule has 2 atom stereocenters. The molecular formula is C11H19Cl. The van der Waals surface area contributed by atoms with Crippen LogP contribution in [0.3, 0.4) is 0 Å². The second-order valence-electron chi connectivity index (χ2n) is 4.91. The lowest BCUT2D eigenvalue weighted by Gasteiger charge is -2.26. The van der Waals surface area contributed by atoms with E-state index in [4.69, 9.17) is 11.6 Å². The molecule has 0 bridgehead atoms. The maximum absolute atomic E-state index is 6.41. The van der Waals surface area contributed by atoms with E-state index >= 15 is 0 Å². The van der Waals surface area contributed by atoms with Crippen LogP contribution < -0.4 is 0 Å². The summed E-state index contributed by atoms with van der Waals surface area (Å²) in [4.78, 5) is 0. The lowest BCUT2D eigenvalue weighted by molar-refractivity contribution is 0.303. The zero-order valence-electron chi connectivity index (χ0n) is 7.98. The summed E-state index contributed by atoms with van der Waals surface area (Å²) in [5.41, 5.74) is 0.650. The van der Waals surface area contributed by atoms with Gasteiger partial charge < -0.3 is 0 Å². The van der Waals surface area contributed by atoms with Gasteiger partial charge in [0.2, 0.25) is 0 Å². The summed E-state index contributed by atoms with van der Waals surface area (Å²) in [5, 5.41) is 0.486. The molecule has 12 heavy (non-hydrogen) atoms. The Balaban J connectivity index is 2.00. The average molecular weight is 187 g/mol. The van der Waals surface area contributed by atoms with Gasteiger partial charge in [-0.05, 0) is 37.0 Å². The van der Waals surface area contributed by atoms with Crippen LogP contribution in [0.1, 0.15) is 51.9 Å². The molecule has 1 heteroatoms. The fourth-order valence-electron chi connectivity index (χ4n) is 2.62. The number of rotatable bonds is 1. The first-order valence-corrected chi connectivity index (χ1v) is 5.80. The SMILES string of the molecule is CC1(C2CCCCC[C@H]2Cl)CC1. The first kappa shape index (κ1) is 8.87. The fourth-order valence-corrected chi connectivity index (χ4v) is 3.20. The maximum atomic E-state index is 6.41. The van der Waals surface area contributed by atoms with E-state index in [-0.39, 0.29) is 0 Å². The lowest BCUT2D eigenvalue weighted by atomic mass is 9.84. The molecule has 0 aliphatic heterocycles. The number of halogens is 1. The third-order valence-electron chi connectivity index (χ3n) is 3.87. The van der Waals surface area contributed by atoms with Crippen LogP contribution in [0.15, 0.2) is 0 Å². The number of hydrogen-bond donors (Lipinski definition) is 0. The summed E-state index contributed by atoms with van der Waals surface area (Å²) in [6.07, 6.45) is 9.72. The fraction of sp³-hybridized carbons (Fsp3) is 1.00. The van der Waals surface area contributed by atoms with Crippen molar-refractivity contribution in [3.63, 3.8) is 0 Å². The number of hydrogen-bond acceptors (Lipinski definition) is 0. The highest BCUT2D eigenvalue weighted by Gasteiger charge is 2.47. The first-order chi connectivity index (χ1) is 5.72. The van der Waals surface area contributed by atoms with E-state index in [0.717, 1.165) is 5.92 Å². The van der Waals surface area contributed by atoms with Gasteiger partial charge in [0.1, 0.15) is 0 Å². The van der Waals surface area contributed by atoms with Gasteiger partial charge in [0, 0.05) is 5.38 Å². The Morgan fingerprint density at radius 1 is 1.08 bits per heavy atom. The molecule has 0 aromatic carbocycles. The standard InChI is InChI=1S/C11H19Cl/c1-11(7-8-11)9-5-3-2-4-6-10(9)12/h9-10H,2-8H2,1H3/t9?,10-/m1/s1. The third-order valence-corrected chi connectivity index (χ3v) is 4.39. The van der Waals surface area contributed by atoms with E-state index in [1.807, 2.05) is 0 Å². The Kier molecular flexibility index (Phi) is 2.37. The maximum Gasteiger partial charge on any atom is 0.0369 e. The van der Waals surface area contributed by atoms with Gasteiger partial charge in [-0.15, -0.1) is 11.6 Å². The van der Waals surface area contributed by atoms with Gasteiger partial charge >= 0.3 is 0 Å². The summed E-state index contributed by atoms with van der Waals surface area (Å²) in [5.74, 6) is 0.835. The quantitative estimate of drug-likeness (QED) is 0.430. The topological polar surface area (TPSA) is 0 Å². The van der Waals surface area contributed by atoms with Crippen molar-refractivity contribution >= 4 is 11.6 Å². The van der Waals surface area contributed by atoms with E-state index in [1.54, 1.807) is 0 Å². The minimum Gasteiger partial charge on any atom is -0.123 e. The van der Waals surface area contributed by atoms with Gasteiger partial charge in [-0.3, -0.25) is 0 Å². The van der Waals surface area contributed by atoms with Crippen LogP contribution in [0.4, 0.5) is 0 Å². The van der Waals surface area contributed by atoms with Gasteiger partial charge in [-0.2, -0.15) is 0 Å². The summed E-state index contributed by atoms with van der Waals surface area (Å²) < 4.78 is 0. The van der Waals surface area contributed by atoms with Crippen LogP contribution >= 0.6 is 11.6 Å². The molecule has 2 fully saturated rings. The highest BCUT2D eigenvalue weighted by atomic mass is 35.5. The highest BCUT2D eigenvalue weighted by Crippen LogP contribution is 2.56. The number of alkyl halides is 1. The second-order valence-corrected chi connectivity index (χ2v) is 5.48. The Hall–Kier alpha value is 0.290. The lowest BCUT2D eigenvalue weighted by Crippen LogP contribution is -2.22. The molecule has 2 aliphatic rings. The first-order valence-electron chi connectivity index (χ1n) is 5.36. The van der Waals surface area contributed by atoms with Crippen molar-refractivity contribution in [2.75, 3.05) is 0 Å². The Labute approximate surface area is 80.7 Å². The van der Waals surface area contributed by atoms with E-state index in [9.17, 15) is 0 Å². The predicted molar refractivity (Wildman–Crippen MR) is 53.6 cm³/mol. The van der Waals surface area contributed by atoms with E-state index in [0.29, 0.717) is 10.8 Å². The zero-order chi connectivity index (χ0) is 8.60. The molecule has 0 nitrogen and oxygen atoms in total. The molecule has 0 N–H and O–H groups in total.